The van der Waals surface area contributed by atoms with E-state index in [1.165, 1.54) is 5.56 Å². The quantitative estimate of drug-likeness (QED) is 0.787. The van der Waals surface area contributed by atoms with Crippen molar-refractivity contribution in [2.24, 2.45) is 0 Å². The van der Waals surface area contributed by atoms with E-state index < -0.39 is 0 Å². The van der Waals surface area contributed by atoms with Gasteiger partial charge in [-0.25, -0.2) is 0 Å². The number of hydrogen-bond acceptors (Lipinski definition) is 2. The summed E-state index contributed by atoms with van der Waals surface area (Å²) in [5.41, 5.74) is 1.22. The van der Waals surface area contributed by atoms with Crippen LogP contribution in [0.4, 0.5) is 0 Å². The van der Waals surface area contributed by atoms with Crippen LogP contribution in [0.5, 0.6) is 0 Å². The molecule has 0 unspecified atom stereocenters. The van der Waals surface area contributed by atoms with Crippen molar-refractivity contribution in [1.29, 1.82) is 0 Å². The molecule has 0 atom stereocenters. The van der Waals surface area contributed by atoms with E-state index in [4.69, 9.17) is 11.6 Å². The minimum atomic E-state index is 0.128. The maximum Gasteiger partial charge on any atom is 0.236 e. The largest absolute Gasteiger partial charge is 0.345 e. The van der Waals surface area contributed by atoms with Gasteiger partial charge in [0, 0.05) is 18.6 Å². The first-order chi connectivity index (χ1) is 8.13. The van der Waals surface area contributed by atoms with Crippen molar-refractivity contribution in [1.82, 2.24) is 10.2 Å². The van der Waals surface area contributed by atoms with Crippen LogP contribution in [0.2, 0.25) is 5.02 Å². The molecule has 0 aliphatic rings. The third-order valence-electron chi connectivity index (χ3n) is 2.68. The fourth-order valence-corrected chi connectivity index (χ4v) is 1.52. The molecule has 0 aliphatic heterocycles. The summed E-state index contributed by atoms with van der Waals surface area (Å²) in [5, 5.41) is 3.89. The Kier molecular flexibility index (Phi) is 6.01. The molecule has 0 fully saturated rings. The van der Waals surface area contributed by atoms with Crippen LogP contribution in [0.15, 0.2) is 24.3 Å². The van der Waals surface area contributed by atoms with Crippen LogP contribution in [0.1, 0.15) is 12.5 Å². The summed E-state index contributed by atoms with van der Waals surface area (Å²) in [4.78, 5) is 13.2. The highest BCUT2D eigenvalue weighted by atomic mass is 35.5. The molecule has 0 saturated carbocycles. The van der Waals surface area contributed by atoms with Crippen LogP contribution in [0.25, 0.3) is 0 Å². The highest BCUT2D eigenvalue weighted by Gasteiger charge is 2.04. The number of hydrogen-bond donors (Lipinski definition) is 1. The van der Waals surface area contributed by atoms with Crippen molar-refractivity contribution >= 4 is 17.5 Å². The molecule has 1 N–H and O–H groups in total. The third kappa shape index (κ3) is 5.20. The van der Waals surface area contributed by atoms with Gasteiger partial charge in [-0.2, -0.15) is 0 Å². The summed E-state index contributed by atoms with van der Waals surface area (Å²) < 4.78 is 0. The van der Waals surface area contributed by atoms with E-state index in [2.05, 4.69) is 5.32 Å². The number of carbonyl (C=O) groups is 1. The minimum Gasteiger partial charge on any atom is -0.345 e. The standard InChI is InChI=1S/C13H19ClN2O/c1-3-16(2)13(17)10-15-9-8-11-4-6-12(14)7-5-11/h4-7,15H,3,8-10H2,1-2H3. The SMILES string of the molecule is CCN(C)C(=O)CNCCc1ccc(Cl)cc1. The first-order valence-corrected chi connectivity index (χ1v) is 6.20. The Bertz CT molecular complexity index is 351. The van der Waals surface area contributed by atoms with Gasteiger partial charge in [0.2, 0.25) is 5.91 Å². The van der Waals surface area contributed by atoms with Crippen molar-refractivity contribution in [2.75, 3.05) is 26.7 Å². The zero-order valence-electron chi connectivity index (χ0n) is 10.4. The van der Waals surface area contributed by atoms with Crippen LogP contribution >= 0.6 is 11.6 Å². The molecule has 0 spiro atoms. The Morgan fingerprint density at radius 3 is 2.59 bits per heavy atom. The lowest BCUT2D eigenvalue weighted by Gasteiger charge is -2.14. The highest BCUT2D eigenvalue weighted by molar-refractivity contribution is 6.30. The minimum absolute atomic E-state index is 0.128. The predicted octanol–water partition coefficient (Wildman–Crippen LogP) is 1.95. The fourth-order valence-electron chi connectivity index (χ4n) is 1.39. The fraction of sp³-hybridized carbons (Fsp3) is 0.462. The molecule has 1 aromatic rings. The number of benzene rings is 1. The van der Waals surface area contributed by atoms with Crippen LogP contribution in [-0.4, -0.2) is 37.5 Å². The number of likely N-dealkylation sites (N-methyl/N-ethyl adjacent to an activating group) is 1. The summed E-state index contributed by atoms with van der Waals surface area (Å²) in [6, 6.07) is 7.77. The maximum atomic E-state index is 11.5. The number of amides is 1. The second-order valence-corrected chi connectivity index (χ2v) is 4.40. The molecule has 0 heterocycles. The van der Waals surface area contributed by atoms with Crippen molar-refractivity contribution in [3.8, 4) is 0 Å². The van der Waals surface area contributed by atoms with Crippen LogP contribution in [0, 0.1) is 0 Å². The third-order valence-corrected chi connectivity index (χ3v) is 2.93. The van der Waals surface area contributed by atoms with E-state index >= 15 is 0 Å². The number of carbonyl (C=O) groups excluding carboxylic acids is 1. The summed E-state index contributed by atoms with van der Waals surface area (Å²) >= 11 is 5.80. The molecular weight excluding hydrogens is 236 g/mol. The van der Waals surface area contributed by atoms with Crippen molar-refractivity contribution in [3.05, 3.63) is 34.9 Å². The molecule has 1 rings (SSSR count). The Hall–Kier alpha value is -1.06. The highest BCUT2D eigenvalue weighted by Crippen LogP contribution is 2.09. The van der Waals surface area contributed by atoms with Gasteiger partial charge >= 0.3 is 0 Å². The van der Waals surface area contributed by atoms with Gasteiger partial charge in [-0.1, -0.05) is 23.7 Å². The number of halogens is 1. The average Bonchev–Trinajstić information content (AvgIpc) is 2.35. The van der Waals surface area contributed by atoms with Gasteiger partial charge in [-0.05, 0) is 37.6 Å². The van der Waals surface area contributed by atoms with Gasteiger partial charge in [-0.3, -0.25) is 4.79 Å². The smallest absolute Gasteiger partial charge is 0.236 e. The van der Waals surface area contributed by atoms with E-state index in [-0.39, 0.29) is 5.91 Å². The van der Waals surface area contributed by atoms with E-state index in [1.807, 2.05) is 38.2 Å². The summed E-state index contributed by atoms with van der Waals surface area (Å²) in [7, 11) is 1.81. The molecule has 0 saturated heterocycles. The summed E-state index contributed by atoms with van der Waals surface area (Å²) in [6.07, 6.45) is 0.903. The lowest BCUT2D eigenvalue weighted by molar-refractivity contribution is -0.128. The molecule has 1 aromatic carbocycles. The van der Waals surface area contributed by atoms with Gasteiger partial charge in [0.15, 0.2) is 0 Å². The Morgan fingerprint density at radius 2 is 2.00 bits per heavy atom. The first kappa shape index (κ1) is 14.0. The Labute approximate surface area is 108 Å². The van der Waals surface area contributed by atoms with Crippen molar-refractivity contribution in [2.45, 2.75) is 13.3 Å². The van der Waals surface area contributed by atoms with Crippen LogP contribution < -0.4 is 5.32 Å². The van der Waals surface area contributed by atoms with Gasteiger partial charge in [0.25, 0.3) is 0 Å². The van der Waals surface area contributed by atoms with E-state index in [0.717, 1.165) is 24.5 Å². The average molecular weight is 255 g/mol. The number of nitrogens with one attached hydrogen (secondary N) is 1. The topological polar surface area (TPSA) is 32.3 Å². The second-order valence-electron chi connectivity index (χ2n) is 3.96. The lowest BCUT2D eigenvalue weighted by Crippen LogP contribution is -2.36. The van der Waals surface area contributed by atoms with Crippen molar-refractivity contribution in [3.63, 3.8) is 0 Å². The van der Waals surface area contributed by atoms with Gasteiger partial charge < -0.3 is 10.2 Å². The molecular formula is C13H19ClN2O. The molecule has 94 valence electrons. The predicted molar refractivity (Wildman–Crippen MR) is 71.3 cm³/mol. The lowest BCUT2D eigenvalue weighted by atomic mass is 10.1. The molecule has 4 heteroatoms. The van der Waals surface area contributed by atoms with E-state index in [0.29, 0.717) is 6.54 Å². The summed E-state index contributed by atoms with van der Waals surface area (Å²) in [5.74, 6) is 0.128. The Balaban J connectivity index is 2.20. The van der Waals surface area contributed by atoms with Gasteiger partial charge in [0.05, 0.1) is 6.54 Å². The number of nitrogens with zero attached hydrogens (tertiary/aromatic N) is 1. The molecule has 1 amide bonds. The molecule has 17 heavy (non-hydrogen) atoms. The van der Waals surface area contributed by atoms with Gasteiger partial charge in [0.1, 0.15) is 0 Å². The maximum absolute atomic E-state index is 11.5. The zero-order valence-corrected chi connectivity index (χ0v) is 11.1. The normalized spacial score (nSPS) is 10.3. The number of rotatable bonds is 6. The van der Waals surface area contributed by atoms with Crippen LogP contribution in [-0.2, 0) is 11.2 Å². The molecule has 0 aliphatic carbocycles. The molecule has 0 aromatic heterocycles. The summed E-state index contributed by atoms with van der Waals surface area (Å²) in [6.45, 7) is 3.91. The molecule has 3 nitrogen and oxygen atoms in total. The first-order valence-electron chi connectivity index (χ1n) is 5.82. The van der Waals surface area contributed by atoms with E-state index in [1.54, 1.807) is 4.90 Å². The molecule has 0 bridgehead atoms. The van der Waals surface area contributed by atoms with Gasteiger partial charge in [-0.15, -0.1) is 0 Å². The molecule has 0 radical (unpaired) electrons. The van der Waals surface area contributed by atoms with E-state index in [9.17, 15) is 4.79 Å². The van der Waals surface area contributed by atoms with Crippen LogP contribution in [0.3, 0.4) is 0 Å². The second kappa shape index (κ2) is 7.30. The monoisotopic (exact) mass is 254 g/mol. The zero-order chi connectivity index (χ0) is 12.7. The van der Waals surface area contributed by atoms with Crippen molar-refractivity contribution < 1.29 is 4.79 Å². The Morgan fingerprint density at radius 1 is 1.35 bits per heavy atom.